The molecule has 1 N–H and O–H groups in total. The second kappa shape index (κ2) is 10.3. The first-order chi connectivity index (χ1) is 14.6. The lowest BCUT2D eigenvalue weighted by molar-refractivity contribution is -0.117. The molecule has 30 heavy (non-hydrogen) atoms. The number of ether oxygens (including phenoxy) is 1. The zero-order valence-electron chi connectivity index (χ0n) is 16.5. The fourth-order valence-electron chi connectivity index (χ4n) is 2.85. The zero-order valence-corrected chi connectivity index (χ0v) is 17.3. The van der Waals surface area contributed by atoms with Crippen LogP contribution in [0.2, 0.25) is 5.02 Å². The molecule has 0 spiro atoms. The van der Waals surface area contributed by atoms with Crippen molar-refractivity contribution >= 4 is 23.6 Å². The first kappa shape index (κ1) is 21.2. The summed E-state index contributed by atoms with van der Waals surface area (Å²) in [7, 11) is 0. The Kier molecular flexibility index (Phi) is 7.26. The van der Waals surface area contributed by atoms with Crippen LogP contribution in [0.3, 0.4) is 0 Å². The van der Waals surface area contributed by atoms with Gasteiger partial charge in [-0.05, 0) is 42.3 Å². The predicted octanol–water partition coefficient (Wildman–Crippen LogP) is 5.70. The summed E-state index contributed by atoms with van der Waals surface area (Å²) in [6, 6.07) is 26.1. The molecule has 0 fully saturated rings. The van der Waals surface area contributed by atoms with E-state index >= 15 is 0 Å². The van der Waals surface area contributed by atoms with Gasteiger partial charge in [0.1, 0.15) is 24.0 Å². The molecule has 0 aromatic heterocycles. The molecule has 0 aliphatic carbocycles. The number of nitrogens with one attached hydrogen (secondary N) is 1. The van der Waals surface area contributed by atoms with Gasteiger partial charge in [-0.25, -0.2) is 0 Å². The number of amides is 1. The maximum Gasteiger partial charge on any atom is 0.262 e. The van der Waals surface area contributed by atoms with E-state index in [-0.39, 0.29) is 11.6 Å². The molecule has 0 aliphatic rings. The topological polar surface area (TPSA) is 62.1 Å². The van der Waals surface area contributed by atoms with Crippen molar-refractivity contribution in [3.05, 3.63) is 106 Å². The van der Waals surface area contributed by atoms with Gasteiger partial charge in [0, 0.05) is 10.6 Å². The molecule has 0 radical (unpaired) electrons. The molecule has 0 saturated carbocycles. The molecule has 0 bridgehead atoms. The van der Waals surface area contributed by atoms with Gasteiger partial charge in [0.25, 0.3) is 5.91 Å². The van der Waals surface area contributed by atoms with Crippen molar-refractivity contribution in [3.8, 4) is 11.8 Å². The van der Waals surface area contributed by atoms with Crippen LogP contribution < -0.4 is 10.1 Å². The highest BCUT2D eigenvalue weighted by Crippen LogP contribution is 2.20. The Morgan fingerprint density at radius 2 is 1.73 bits per heavy atom. The second-order valence-corrected chi connectivity index (χ2v) is 7.13. The quantitative estimate of drug-likeness (QED) is 0.396. The van der Waals surface area contributed by atoms with Crippen molar-refractivity contribution < 1.29 is 9.53 Å². The Morgan fingerprint density at radius 1 is 1.07 bits per heavy atom. The van der Waals surface area contributed by atoms with Gasteiger partial charge in [-0.3, -0.25) is 4.79 Å². The summed E-state index contributed by atoms with van der Waals surface area (Å²) < 4.78 is 5.76. The van der Waals surface area contributed by atoms with Gasteiger partial charge in [0.05, 0.1) is 6.04 Å². The van der Waals surface area contributed by atoms with Gasteiger partial charge in [-0.1, -0.05) is 72.3 Å². The number of hydrogen-bond acceptors (Lipinski definition) is 3. The van der Waals surface area contributed by atoms with E-state index < -0.39 is 5.91 Å². The Bertz CT molecular complexity index is 1070. The van der Waals surface area contributed by atoms with Gasteiger partial charge < -0.3 is 10.1 Å². The Labute approximate surface area is 181 Å². The highest BCUT2D eigenvalue weighted by Gasteiger charge is 2.13. The number of rotatable bonds is 7. The summed E-state index contributed by atoms with van der Waals surface area (Å²) in [5, 5.41) is 12.9. The number of benzene rings is 3. The van der Waals surface area contributed by atoms with Crippen LogP contribution in [-0.2, 0) is 11.4 Å². The van der Waals surface area contributed by atoms with E-state index in [9.17, 15) is 10.1 Å². The Balaban J connectivity index is 1.63. The standard InChI is InChI=1S/C25H21ClN2O2/c1-18(20-7-3-2-4-8-20)28-25(29)22(16-27)15-19-11-13-23(14-12-19)30-17-21-9-5-6-10-24(21)26/h2-15,18H,17H2,1H3,(H,28,29)/b22-15-. The van der Waals surface area contributed by atoms with Crippen LogP contribution in [0.25, 0.3) is 6.08 Å². The van der Waals surface area contributed by atoms with Gasteiger partial charge >= 0.3 is 0 Å². The molecule has 1 unspecified atom stereocenters. The Hall–Kier alpha value is -3.55. The van der Waals surface area contributed by atoms with E-state index in [1.165, 1.54) is 0 Å². The average Bonchev–Trinajstić information content (AvgIpc) is 2.78. The molecule has 5 heteroatoms. The van der Waals surface area contributed by atoms with Crippen LogP contribution >= 0.6 is 11.6 Å². The lowest BCUT2D eigenvalue weighted by atomic mass is 10.1. The third-order valence-electron chi connectivity index (χ3n) is 4.56. The molecule has 3 aromatic rings. The van der Waals surface area contributed by atoms with E-state index in [0.717, 1.165) is 16.7 Å². The summed E-state index contributed by atoms with van der Waals surface area (Å²) in [5.74, 6) is 0.264. The van der Waals surface area contributed by atoms with Crippen molar-refractivity contribution in [1.82, 2.24) is 5.32 Å². The molecule has 3 aromatic carbocycles. The molecular weight excluding hydrogens is 396 g/mol. The average molecular weight is 417 g/mol. The molecular formula is C25H21ClN2O2. The van der Waals surface area contributed by atoms with Crippen LogP contribution in [0.4, 0.5) is 0 Å². The third-order valence-corrected chi connectivity index (χ3v) is 4.92. The molecule has 3 rings (SSSR count). The number of carbonyl (C=O) groups excluding carboxylic acids is 1. The van der Waals surface area contributed by atoms with Crippen molar-refractivity contribution in [3.63, 3.8) is 0 Å². The van der Waals surface area contributed by atoms with Crippen LogP contribution in [0.5, 0.6) is 5.75 Å². The summed E-state index contributed by atoms with van der Waals surface area (Å²) in [5.41, 5.74) is 2.66. The minimum atomic E-state index is -0.409. The molecule has 4 nitrogen and oxygen atoms in total. The number of halogens is 1. The monoisotopic (exact) mass is 416 g/mol. The van der Waals surface area contributed by atoms with Crippen LogP contribution in [0.1, 0.15) is 29.7 Å². The van der Waals surface area contributed by atoms with Gasteiger partial charge in [0.2, 0.25) is 0 Å². The van der Waals surface area contributed by atoms with Crippen molar-refractivity contribution in [2.24, 2.45) is 0 Å². The minimum absolute atomic E-state index is 0.0440. The van der Waals surface area contributed by atoms with E-state index in [1.807, 2.05) is 67.6 Å². The molecule has 1 atom stereocenters. The smallest absolute Gasteiger partial charge is 0.262 e. The SMILES string of the molecule is CC(NC(=O)/C(C#N)=C\c1ccc(OCc2ccccc2Cl)cc1)c1ccccc1. The molecule has 1 amide bonds. The zero-order chi connectivity index (χ0) is 21.3. The molecule has 0 heterocycles. The van der Waals surface area contributed by atoms with Gasteiger partial charge in [-0.15, -0.1) is 0 Å². The third kappa shape index (κ3) is 5.73. The van der Waals surface area contributed by atoms with Gasteiger partial charge in [-0.2, -0.15) is 5.26 Å². The second-order valence-electron chi connectivity index (χ2n) is 6.72. The summed E-state index contributed by atoms with van der Waals surface area (Å²) >= 11 is 6.14. The summed E-state index contributed by atoms with van der Waals surface area (Å²) in [6.45, 7) is 2.24. The lowest BCUT2D eigenvalue weighted by Gasteiger charge is -2.13. The molecule has 0 saturated heterocycles. The maximum atomic E-state index is 12.5. The fraction of sp³-hybridized carbons (Fsp3) is 0.120. The highest BCUT2D eigenvalue weighted by atomic mass is 35.5. The van der Waals surface area contributed by atoms with Crippen molar-refractivity contribution in [1.29, 1.82) is 5.26 Å². The van der Waals surface area contributed by atoms with Crippen LogP contribution in [0, 0.1) is 11.3 Å². The first-order valence-electron chi connectivity index (χ1n) is 9.50. The van der Waals surface area contributed by atoms with Crippen molar-refractivity contribution in [2.75, 3.05) is 0 Å². The summed E-state index contributed by atoms with van der Waals surface area (Å²) in [4.78, 5) is 12.5. The summed E-state index contributed by atoms with van der Waals surface area (Å²) in [6.07, 6.45) is 1.56. The number of hydrogen-bond donors (Lipinski definition) is 1. The molecule has 150 valence electrons. The lowest BCUT2D eigenvalue weighted by Crippen LogP contribution is -2.27. The van der Waals surface area contributed by atoms with E-state index in [4.69, 9.17) is 16.3 Å². The number of carbonyl (C=O) groups is 1. The minimum Gasteiger partial charge on any atom is -0.489 e. The van der Waals surface area contributed by atoms with Crippen LogP contribution in [0.15, 0.2) is 84.4 Å². The maximum absolute atomic E-state index is 12.5. The predicted molar refractivity (Wildman–Crippen MR) is 119 cm³/mol. The van der Waals surface area contributed by atoms with Gasteiger partial charge in [0.15, 0.2) is 0 Å². The Morgan fingerprint density at radius 3 is 2.40 bits per heavy atom. The van der Waals surface area contributed by atoms with E-state index in [2.05, 4.69) is 5.32 Å². The number of nitrogens with zero attached hydrogens (tertiary/aromatic N) is 1. The number of nitriles is 1. The normalized spacial score (nSPS) is 12.0. The largest absolute Gasteiger partial charge is 0.489 e. The highest BCUT2D eigenvalue weighted by molar-refractivity contribution is 6.31. The van der Waals surface area contributed by atoms with E-state index in [0.29, 0.717) is 17.4 Å². The van der Waals surface area contributed by atoms with Crippen LogP contribution in [-0.4, -0.2) is 5.91 Å². The van der Waals surface area contributed by atoms with E-state index in [1.54, 1.807) is 30.3 Å². The molecule has 0 aliphatic heterocycles. The first-order valence-corrected chi connectivity index (χ1v) is 9.88. The fourth-order valence-corrected chi connectivity index (χ4v) is 3.04. The van der Waals surface area contributed by atoms with Crippen molar-refractivity contribution in [2.45, 2.75) is 19.6 Å².